The van der Waals surface area contributed by atoms with E-state index in [0.29, 0.717) is 6.54 Å². The topological polar surface area (TPSA) is 48.1 Å². The first-order chi connectivity index (χ1) is 9.01. The maximum atomic E-state index is 5.96. The van der Waals surface area contributed by atoms with Gasteiger partial charge in [-0.1, -0.05) is 15.9 Å². The molecule has 100 valence electrons. The first-order valence-electron chi connectivity index (χ1n) is 5.81. The van der Waals surface area contributed by atoms with Gasteiger partial charge in [0.05, 0.1) is 4.47 Å². The Balaban J connectivity index is 2.42. The van der Waals surface area contributed by atoms with Gasteiger partial charge in [-0.3, -0.25) is 4.98 Å². The predicted molar refractivity (Wildman–Crippen MR) is 83.5 cm³/mol. The van der Waals surface area contributed by atoms with Crippen molar-refractivity contribution in [2.75, 3.05) is 0 Å². The maximum Gasteiger partial charge on any atom is 0.141 e. The molecule has 1 heterocycles. The van der Waals surface area contributed by atoms with Crippen molar-refractivity contribution in [3.05, 3.63) is 50.2 Å². The van der Waals surface area contributed by atoms with E-state index >= 15 is 0 Å². The molecule has 19 heavy (non-hydrogen) atoms. The molecule has 0 aliphatic rings. The van der Waals surface area contributed by atoms with Crippen LogP contribution in [0.5, 0.6) is 11.5 Å². The van der Waals surface area contributed by atoms with Crippen LogP contribution in [-0.2, 0) is 6.54 Å². The number of pyridine rings is 1. The molecule has 0 spiro atoms. The van der Waals surface area contributed by atoms with Crippen molar-refractivity contribution in [3.63, 3.8) is 0 Å². The van der Waals surface area contributed by atoms with Crippen LogP contribution in [0.4, 0.5) is 0 Å². The molecule has 2 rings (SSSR count). The normalized spacial score (nSPS) is 10.6. The molecule has 3 nitrogen and oxygen atoms in total. The lowest BCUT2D eigenvalue weighted by atomic mass is 10.1. The second-order valence-corrected chi connectivity index (χ2v) is 5.98. The lowest BCUT2D eigenvalue weighted by molar-refractivity contribution is 0.471. The standard InChI is InChI=1S/C14H14Br2N2O/c1-8-5-14(11(7-17)9(2)18-8)19-13-4-3-10(15)6-12(13)16/h3-6H,7,17H2,1-2H3. The summed E-state index contributed by atoms with van der Waals surface area (Å²) in [6.45, 7) is 4.29. The fourth-order valence-corrected chi connectivity index (χ4v) is 2.96. The summed E-state index contributed by atoms with van der Waals surface area (Å²) in [6, 6.07) is 7.69. The quantitative estimate of drug-likeness (QED) is 0.847. The Morgan fingerprint density at radius 1 is 1.16 bits per heavy atom. The molecule has 0 aliphatic heterocycles. The molecular weight excluding hydrogens is 372 g/mol. The van der Waals surface area contributed by atoms with E-state index in [2.05, 4.69) is 36.8 Å². The Bertz CT molecular complexity index is 615. The summed E-state index contributed by atoms with van der Waals surface area (Å²) in [6.07, 6.45) is 0. The summed E-state index contributed by atoms with van der Waals surface area (Å²) < 4.78 is 7.84. The van der Waals surface area contributed by atoms with Gasteiger partial charge in [-0.2, -0.15) is 0 Å². The molecule has 0 amide bonds. The first-order valence-corrected chi connectivity index (χ1v) is 7.40. The zero-order valence-corrected chi connectivity index (χ0v) is 13.9. The Hall–Kier alpha value is -0.910. The SMILES string of the molecule is Cc1cc(Oc2ccc(Br)cc2Br)c(CN)c(C)n1. The minimum absolute atomic E-state index is 0.405. The van der Waals surface area contributed by atoms with E-state index < -0.39 is 0 Å². The van der Waals surface area contributed by atoms with Gasteiger partial charge >= 0.3 is 0 Å². The van der Waals surface area contributed by atoms with E-state index in [1.165, 1.54) is 0 Å². The van der Waals surface area contributed by atoms with Crippen molar-refractivity contribution in [1.29, 1.82) is 0 Å². The predicted octanol–water partition coefficient (Wildman–Crippen LogP) is 4.47. The molecule has 2 N–H and O–H groups in total. The van der Waals surface area contributed by atoms with Crippen molar-refractivity contribution in [2.24, 2.45) is 5.73 Å². The average Bonchev–Trinajstić information content (AvgIpc) is 2.32. The number of nitrogens with zero attached hydrogens (tertiary/aromatic N) is 1. The number of halogens is 2. The van der Waals surface area contributed by atoms with Crippen LogP contribution in [0.15, 0.2) is 33.2 Å². The van der Waals surface area contributed by atoms with Gasteiger partial charge in [0.1, 0.15) is 11.5 Å². The van der Waals surface area contributed by atoms with E-state index in [9.17, 15) is 0 Å². The van der Waals surface area contributed by atoms with E-state index in [1.807, 2.05) is 38.1 Å². The van der Waals surface area contributed by atoms with E-state index in [-0.39, 0.29) is 0 Å². The first kappa shape index (κ1) is 14.5. The Kier molecular flexibility index (Phi) is 4.60. The average molecular weight is 386 g/mol. The van der Waals surface area contributed by atoms with Crippen LogP contribution in [0.2, 0.25) is 0 Å². The van der Waals surface area contributed by atoms with Gasteiger partial charge in [0, 0.05) is 34.0 Å². The number of nitrogens with two attached hydrogens (primary N) is 1. The number of hydrogen-bond acceptors (Lipinski definition) is 3. The number of hydrogen-bond donors (Lipinski definition) is 1. The molecule has 0 aliphatic carbocycles. The van der Waals surface area contributed by atoms with E-state index in [4.69, 9.17) is 10.5 Å². The summed E-state index contributed by atoms with van der Waals surface area (Å²) in [7, 11) is 0. The molecule has 5 heteroatoms. The Morgan fingerprint density at radius 3 is 2.53 bits per heavy atom. The molecular formula is C14H14Br2N2O. The fourth-order valence-electron chi connectivity index (χ4n) is 1.84. The van der Waals surface area contributed by atoms with Crippen LogP contribution in [0.3, 0.4) is 0 Å². The van der Waals surface area contributed by atoms with Gasteiger partial charge in [0.2, 0.25) is 0 Å². The van der Waals surface area contributed by atoms with Crippen LogP contribution >= 0.6 is 31.9 Å². The zero-order valence-electron chi connectivity index (χ0n) is 10.7. The Morgan fingerprint density at radius 2 is 1.89 bits per heavy atom. The fraction of sp³-hybridized carbons (Fsp3) is 0.214. The van der Waals surface area contributed by atoms with Gasteiger partial charge in [-0.15, -0.1) is 0 Å². The molecule has 0 atom stereocenters. The van der Waals surface area contributed by atoms with Crippen LogP contribution in [-0.4, -0.2) is 4.98 Å². The molecule has 2 aromatic rings. The molecule has 0 unspecified atom stereocenters. The molecule has 0 fully saturated rings. The third-order valence-corrected chi connectivity index (χ3v) is 3.85. The van der Waals surface area contributed by atoms with Gasteiger partial charge in [-0.05, 0) is 48.0 Å². The lowest BCUT2D eigenvalue weighted by Gasteiger charge is -2.14. The second-order valence-electron chi connectivity index (χ2n) is 4.21. The number of benzene rings is 1. The minimum atomic E-state index is 0.405. The number of ether oxygens (including phenoxy) is 1. The number of rotatable bonds is 3. The van der Waals surface area contributed by atoms with Gasteiger partial charge < -0.3 is 10.5 Å². The van der Waals surface area contributed by atoms with Gasteiger partial charge in [0.25, 0.3) is 0 Å². The molecule has 0 bridgehead atoms. The Labute approximate surface area is 129 Å². The summed E-state index contributed by atoms with van der Waals surface area (Å²) in [5.41, 5.74) is 8.53. The molecule has 0 radical (unpaired) electrons. The third kappa shape index (κ3) is 3.35. The highest BCUT2D eigenvalue weighted by molar-refractivity contribution is 9.11. The van der Waals surface area contributed by atoms with Crippen molar-refractivity contribution in [2.45, 2.75) is 20.4 Å². The highest BCUT2D eigenvalue weighted by atomic mass is 79.9. The second kappa shape index (κ2) is 6.03. The number of aromatic nitrogens is 1. The van der Waals surface area contributed by atoms with Crippen molar-refractivity contribution in [3.8, 4) is 11.5 Å². The minimum Gasteiger partial charge on any atom is -0.456 e. The summed E-state index contributed by atoms with van der Waals surface area (Å²) in [5.74, 6) is 1.51. The zero-order chi connectivity index (χ0) is 14.0. The number of aryl methyl sites for hydroxylation is 2. The highest BCUT2D eigenvalue weighted by Gasteiger charge is 2.11. The van der Waals surface area contributed by atoms with Crippen molar-refractivity contribution in [1.82, 2.24) is 4.98 Å². The van der Waals surface area contributed by atoms with Crippen LogP contribution in [0.1, 0.15) is 17.0 Å². The maximum absolute atomic E-state index is 5.96. The van der Waals surface area contributed by atoms with Gasteiger partial charge in [-0.25, -0.2) is 0 Å². The summed E-state index contributed by atoms with van der Waals surface area (Å²) >= 11 is 6.90. The molecule has 0 saturated heterocycles. The lowest BCUT2D eigenvalue weighted by Crippen LogP contribution is -2.05. The third-order valence-electron chi connectivity index (χ3n) is 2.74. The van der Waals surface area contributed by atoms with Crippen LogP contribution < -0.4 is 10.5 Å². The largest absolute Gasteiger partial charge is 0.456 e. The van der Waals surface area contributed by atoms with Crippen molar-refractivity contribution >= 4 is 31.9 Å². The van der Waals surface area contributed by atoms with Gasteiger partial charge in [0.15, 0.2) is 0 Å². The highest BCUT2D eigenvalue weighted by Crippen LogP contribution is 2.34. The van der Waals surface area contributed by atoms with Crippen LogP contribution in [0, 0.1) is 13.8 Å². The molecule has 1 aromatic carbocycles. The van der Waals surface area contributed by atoms with Crippen LogP contribution in [0.25, 0.3) is 0 Å². The van der Waals surface area contributed by atoms with E-state index in [0.717, 1.165) is 37.4 Å². The molecule has 1 aromatic heterocycles. The summed E-state index contributed by atoms with van der Waals surface area (Å²) in [4.78, 5) is 4.40. The van der Waals surface area contributed by atoms with Crippen molar-refractivity contribution < 1.29 is 4.74 Å². The van der Waals surface area contributed by atoms with E-state index in [1.54, 1.807) is 0 Å². The summed E-state index contributed by atoms with van der Waals surface area (Å²) in [5, 5.41) is 0. The molecule has 0 saturated carbocycles. The smallest absolute Gasteiger partial charge is 0.141 e. The monoisotopic (exact) mass is 384 g/mol.